The Kier molecular flexibility index (Phi) is 2.28. The first-order valence-corrected chi connectivity index (χ1v) is 3.56. The normalized spacial score (nSPS) is 9.50. The van der Waals surface area contributed by atoms with E-state index in [1.165, 1.54) is 7.05 Å². The number of aromatic nitrogens is 1. The number of aryl methyl sites for hydroxylation is 1. The molecule has 0 unspecified atom stereocenters. The zero-order chi connectivity index (χ0) is 9.14. The summed E-state index contributed by atoms with van der Waals surface area (Å²) in [5, 5.41) is 2.39. The number of rotatable bonds is 1. The van der Waals surface area contributed by atoms with E-state index in [-0.39, 0.29) is 17.0 Å². The zero-order valence-corrected chi connectivity index (χ0v) is 6.97. The number of hydrogen-bond donors (Lipinski definition) is 2. The molecule has 1 aromatic rings. The average molecular weight is 166 g/mol. The summed E-state index contributed by atoms with van der Waals surface area (Å²) in [5.41, 5.74) is 0.644. The molecule has 64 valence electrons. The molecule has 0 aliphatic rings. The Labute approximate surface area is 69.6 Å². The molecule has 0 aliphatic carbocycles. The molecule has 1 rings (SSSR count). The molecule has 0 aliphatic heterocycles. The molecule has 0 saturated carbocycles. The molecule has 0 aromatic carbocycles. The number of carbonyl (C=O) groups is 1. The fourth-order valence-electron chi connectivity index (χ4n) is 0.895. The Balaban J connectivity index is 3.23. The summed E-state index contributed by atoms with van der Waals surface area (Å²) in [5.74, 6) is -0.361. The van der Waals surface area contributed by atoms with Crippen LogP contribution in [0.15, 0.2) is 17.1 Å². The fourth-order valence-corrected chi connectivity index (χ4v) is 0.895. The smallest absolute Gasteiger partial charge is 0.260 e. The van der Waals surface area contributed by atoms with E-state index in [1.54, 1.807) is 12.3 Å². The van der Waals surface area contributed by atoms with Gasteiger partial charge in [-0.25, -0.2) is 0 Å². The minimum absolute atomic E-state index is 0.150. The molecule has 1 heterocycles. The number of amides is 1. The number of H-pyrrole nitrogens is 1. The number of pyridine rings is 1. The van der Waals surface area contributed by atoms with Crippen LogP contribution >= 0.6 is 0 Å². The van der Waals surface area contributed by atoms with Crippen molar-refractivity contribution >= 4 is 5.91 Å². The van der Waals surface area contributed by atoms with Crippen molar-refractivity contribution in [1.29, 1.82) is 0 Å². The third-order valence-corrected chi connectivity index (χ3v) is 1.52. The number of aromatic amines is 1. The Bertz CT molecular complexity index is 354. The van der Waals surface area contributed by atoms with Crippen LogP contribution in [0.4, 0.5) is 0 Å². The highest BCUT2D eigenvalue weighted by molar-refractivity contribution is 5.93. The lowest BCUT2D eigenvalue weighted by Gasteiger charge is -1.98. The fraction of sp³-hybridized carbons (Fsp3) is 0.250. The van der Waals surface area contributed by atoms with Crippen LogP contribution in [0.3, 0.4) is 0 Å². The van der Waals surface area contributed by atoms with E-state index in [4.69, 9.17) is 0 Å². The lowest BCUT2D eigenvalue weighted by atomic mass is 10.2. The van der Waals surface area contributed by atoms with Crippen molar-refractivity contribution in [1.82, 2.24) is 10.3 Å². The average Bonchev–Trinajstić information content (AvgIpc) is 2.08. The second-order valence-corrected chi connectivity index (χ2v) is 2.50. The van der Waals surface area contributed by atoms with Crippen LogP contribution in [0.1, 0.15) is 15.9 Å². The predicted molar refractivity (Wildman–Crippen MR) is 45.2 cm³/mol. The van der Waals surface area contributed by atoms with Crippen molar-refractivity contribution in [2.24, 2.45) is 0 Å². The van der Waals surface area contributed by atoms with Gasteiger partial charge in [0.05, 0.1) is 0 Å². The molecule has 2 N–H and O–H groups in total. The van der Waals surface area contributed by atoms with Gasteiger partial charge in [0, 0.05) is 13.2 Å². The van der Waals surface area contributed by atoms with Gasteiger partial charge in [-0.3, -0.25) is 9.59 Å². The summed E-state index contributed by atoms with van der Waals surface area (Å²) in [4.78, 5) is 24.6. The lowest BCUT2D eigenvalue weighted by molar-refractivity contribution is 0.0961. The van der Waals surface area contributed by atoms with E-state index in [2.05, 4.69) is 10.3 Å². The van der Waals surface area contributed by atoms with Crippen LogP contribution in [0, 0.1) is 6.92 Å². The summed E-state index contributed by atoms with van der Waals surface area (Å²) in [7, 11) is 1.49. The van der Waals surface area contributed by atoms with Crippen LogP contribution < -0.4 is 10.9 Å². The maximum Gasteiger partial charge on any atom is 0.260 e. The largest absolute Gasteiger partial charge is 0.355 e. The molecule has 1 aromatic heterocycles. The summed E-state index contributed by atoms with van der Waals surface area (Å²) < 4.78 is 0. The number of hydrogen-bond acceptors (Lipinski definition) is 2. The molecule has 0 fully saturated rings. The van der Waals surface area contributed by atoms with Gasteiger partial charge in [-0.15, -0.1) is 0 Å². The van der Waals surface area contributed by atoms with E-state index in [0.717, 1.165) is 5.56 Å². The Morgan fingerprint density at radius 3 is 2.83 bits per heavy atom. The maximum atomic E-state index is 11.1. The van der Waals surface area contributed by atoms with E-state index in [9.17, 15) is 9.59 Å². The lowest BCUT2D eigenvalue weighted by Crippen LogP contribution is -2.26. The van der Waals surface area contributed by atoms with Gasteiger partial charge in [0.1, 0.15) is 5.56 Å². The quantitative estimate of drug-likeness (QED) is 0.619. The Hall–Kier alpha value is -1.58. The topological polar surface area (TPSA) is 62.0 Å². The number of carbonyl (C=O) groups excluding carboxylic acids is 1. The predicted octanol–water partition coefficient (Wildman–Crippen LogP) is 0.0429. The molecule has 0 radical (unpaired) electrons. The molecule has 4 nitrogen and oxygen atoms in total. The first-order valence-electron chi connectivity index (χ1n) is 3.56. The Morgan fingerprint density at radius 1 is 1.58 bits per heavy atom. The first-order chi connectivity index (χ1) is 5.65. The minimum atomic E-state index is -0.361. The van der Waals surface area contributed by atoms with Gasteiger partial charge in [0.25, 0.3) is 11.5 Å². The van der Waals surface area contributed by atoms with Gasteiger partial charge in [-0.2, -0.15) is 0 Å². The highest BCUT2D eigenvalue weighted by Crippen LogP contribution is 1.95. The van der Waals surface area contributed by atoms with Crippen LogP contribution in [-0.2, 0) is 0 Å². The zero-order valence-electron chi connectivity index (χ0n) is 6.97. The Morgan fingerprint density at radius 2 is 2.25 bits per heavy atom. The first kappa shape index (κ1) is 8.52. The third kappa shape index (κ3) is 1.53. The monoisotopic (exact) mass is 166 g/mol. The van der Waals surface area contributed by atoms with Crippen molar-refractivity contribution in [3.8, 4) is 0 Å². The summed E-state index contributed by atoms with van der Waals surface area (Å²) in [6.07, 6.45) is 1.56. The highest BCUT2D eigenvalue weighted by Gasteiger charge is 2.07. The van der Waals surface area contributed by atoms with Gasteiger partial charge in [0.15, 0.2) is 0 Å². The van der Waals surface area contributed by atoms with Gasteiger partial charge in [-0.1, -0.05) is 0 Å². The van der Waals surface area contributed by atoms with Gasteiger partial charge in [0.2, 0.25) is 0 Å². The summed E-state index contributed by atoms with van der Waals surface area (Å²) >= 11 is 0. The minimum Gasteiger partial charge on any atom is -0.355 e. The highest BCUT2D eigenvalue weighted by atomic mass is 16.2. The van der Waals surface area contributed by atoms with Crippen LogP contribution in [0.2, 0.25) is 0 Å². The SMILES string of the molecule is CNC(=O)c1cc(C)c[nH]c1=O. The van der Waals surface area contributed by atoms with Gasteiger partial charge < -0.3 is 10.3 Å². The molecule has 12 heavy (non-hydrogen) atoms. The molecule has 0 atom stereocenters. The second-order valence-electron chi connectivity index (χ2n) is 2.50. The van der Waals surface area contributed by atoms with Gasteiger partial charge in [-0.05, 0) is 18.6 Å². The van der Waals surface area contributed by atoms with Crippen molar-refractivity contribution in [2.75, 3.05) is 7.05 Å². The van der Waals surface area contributed by atoms with Crippen LogP contribution in [0.25, 0.3) is 0 Å². The molecular formula is C8H10N2O2. The molecule has 0 spiro atoms. The van der Waals surface area contributed by atoms with Crippen molar-refractivity contribution < 1.29 is 4.79 Å². The maximum absolute atomic E-state index is 11.1. The molecule has 4 heteroatoms. The van der Waals surface area contributed by atoms with Gasteiger partial charge >= 0.3 is 0 Å². The van der Waals surface area contributed by atoms with E-state index in [0.29, 0.717) is 0 Å². The van der Waals surface area contributed by atoms with Crippen LogP contribution in [-0.4, -0.2) is 17.9 Å². The standard InChI is InChI=1S/C8H10N2O2/c1-5-3-6(7(11)9-2)8(12)10-4-5/h3-4H,1-2H3,(H,9,11)(H,10,12). The molecule has 0 bridgehead atoms. The van der Waals surface area contributed by atoms with E-state index < -0.39 is 0 Å². The number of nitrogens with one attached hydrogen (secondary N) is 2. The van der Waals surface area contributed by atoms with E-state index in [1.807, 2.05) is 6.92 Å². The summed E-state index contributed by atoms with van der Waals surface area (Å²) in [6.45, 7) is 1.81. The van der Waals surface area contributed by atoms with Crippen molar-refractivity contribution in [3.63, 3.8) is 0 Å². The van der Waals surface area contributed by atoms with E-state index >= 15 is 0 Å². The molecule has 1 amide bonds. The molecular weight excluding hydrogens is 156 g/mol. The summed E-state index contributed by atoms with van der Waals surface area (Å²) in [6, 6.07) is 1.55. The van der Waals surface area contributed by atoms with Crippen LogP contribution in [0.5, 0.6) is 0 Å². The second kappa shape index (κ2) is 3.21. The molecule has 0 saturated heterocycles. The van der Waals surface area contributed by atoms with Crippen molar-refractivity contribution in [3.05, 3.63) is 33.7 Å². The van der Waals surface area contributed by atoms with Crippen molar-refractivity contribution in [2.45, 2.75) is 6.92 Å². The third-order valence-electron chi connectivity index (χ3n) is 1.52.